The largest absolute Gasteiger partial charge is 0.378 e. The second kappa shape index (κ2) is 6.43. The van der Waals surface area contributed by atoms with Gasteiger partial charge in [0.05, 0.1) is 6.04 Å². The molecule has 1 heterocycles. The lowest BCUT2D eigenvalue weighted by Crippen LogP contribution is -2.27. The summed E-state index contributed by atoms with van der Waals surface area (Å²) in [6, 6.07) is 10.2. The van der Waals surface area contributed by atoms with Gasteiger partial charge in [0, 0.05) is 31.5 Å². The first kappa shape index (κ1) is 15.8. The summed E-state index contributed by atoms with van der Waals surface area (Å²) >= 11 is 0. The summed E-state index contributed by atoms with van der Waals surface area (Å²) in [4.78, 5) is 25.9. The Morgan fingerprint density at radius 1 is 1.14 bits per heavy atom. The molecule has 0 saturated carbocycles. The zero-order valence-corrected chi connectivity index (χ0v) is 13.2. The first-order valence-corrected chi connectivity index (χ1v) is 7.07. The number of nitrogens with zero attached hydrogens (tertiary/aromatic N) is 3. The van der Waals surface area contributed by atoms with Crippen molar-refractivity contribution in [1.29, 1.82) is 0 Å². The maximum atomic E-state index is 12.2. The van der Waals surface area contributed by atoms with Crippen molar-refractivity contribution in [2.75, 3.05) is 24.3 Å². The van der Waals surface area contributed by atoms with E-state index in [9.17, 15) is 9.59 Å². The zero-order chi connectivity index (χ0) is 16.3. The third-order valence-corrected chi connectivity index (χ3v) is 3.19. The number of nitrogens with one attached hydrogen (secondary N) is 1. The van der Waals surface area contributed by atoms with Crippen molar-refractivity contribution in [3.05, 3.63) is 52.4 Å². The average Bonchev–Trinajstić information content (AvgIpc) is 2.47. The number of hydrogen-bond donors (Lipinski definition) is 1. The van der Waals surface area contributed by atoms with Crippen LogP contribution in [0.4, 0.5) is 11.4 Å². The number of anilines is 2. The van der Waals surface area contributed by atoms with Gasteiger partial charge in [-0.25, -0.2) is 4.68 Å². The SMILES string of the molecule is CC(C)n1nc(C(=O)Nc2ccc(N(C)C)cc2)ccc1=O. The Morgan fingerprint density at radius 3 is 2.32 bits per heavy atom. The van der Waals surface area contributed by atoms with Gasteiger partial charge < -0.3 is 10.2 Å². The van der Waals surface area contributed by atoms with Crippen LogP contribution in [0, 0.1) is 0 Å². The Hall–Kier alpha value is -2.63. The number of amides is 1. The van der Waals surface area contributed by atoms with Crippen LogP contribution in [-0.4, -0.2) is 29.8 Å². The van der Waals surface area contributed by atoms with E-state index in [0.29, 0.717) is 5.69 Å². The first-order valence-electron chi connectivity index (χ1n) is 7.07. The summed E-state index contributed by atoms with van der Waals surface area (Å²) in [6.07, 6.45) is 0. The van der Waals surface area contributed by atoms with Crippen LogP contribution in [0.1, 0.15) is 30.4 Å². The molecule has 1 aromatic heterocycles. The van der Waals surface area contributed by atoms with Crippen LogP contribution in [0.5, 0.6) is 0 Å². The molecule has 2 aromatic rings. The highest BCUT2D eigenvalue weighted by Crippen LogP contribution is 2.16. The molecule has 2 rings (SSSR count). The van der Waals surface area contributed by atoms with Gasteiger partial charge in [0.1, 0.15) is 5.69 Å². The fraction of sp³-hybridized carbons (Fsp3) is 0.312. The van der Waals surface area contributed by atoms with Crippen LogP contribution < -0.4 is 15.8 Å². The third kappa shape index (κ3) is 3.52. The molecular formula is C16H20N4O2. The van der Waals surface area contributed by atoms with Gasteiger partial charge in [-0.1, -0.05) is 0 Å². The summed E-state index contributed by atoms with van der Waals surface area (Å²) in [5, 5.41) is 6.87. The third-order valence-electron chi connectivity index (χ3n) is 3.19. The Morgan fingerprint density at radius 2 is 1.77 bits per heavy atom. The van der Waals surface area contributed by atoms with E-state index in [1.54, 1.807) is 0 Å². The molecule has 6 heteroatoms. The van der Waals surface area contributed by atoms with Crippen LogP contribution in [-0.2, 0) is 0 Å². The van der Waals surface area contributed by atoms with Gasteiger partial charge in [-0.3, -0.25) is 9.59 Å². The lowest BCUT2D eigenvalue weighted by atomic mass is 10.2. The normalized spacial score (nSPS) is 10.6. The molecule has 22 heavy (non-hydrogen) atoms. The molecule has 0 unspecified atom stereocenters. The molecule has 0 aliphatic rings. The van der Waals surface area contributed by atoms with Gasteiger partial charge in [-0.05, 0) is 44.2 Å². The highest BCUT2D eigenvalue weighted by Gasteiger charge is 2.11. The Kier molecular flexibility index (Phi) is 4.60. The maximum Gasteiger partial charge on any atom is 0.276 e. The van der Waals surface area contributed by atoms with Crippen molar-refractivity contribution in [3.8, 4) is 0 Å². The monoisotopic (exact) mass is 300 g/mol. The predicted molar refractivity (Wildman–Crippen MR) is 87.6 cm³/mol. The summed E-state index contributed by atoms with van der Waals surface area (Å²) < 4.78 is 1.30. The molecule has 116 valence electrons. The topological polar surface area (TPSA) is 67.2 Å². The van der Waals surface area contributed by atoms with E-state index in [4.69, 9.17) is 0 Å². The van der Waals surface area contributed by atoms with Crippen molar-refractivity contribution in [1.82, 2.24) is 9.78 Å². The number of carbonyl (C=O) groups is 1. The molecule has 0 radical (unpaired) electrons. The smallest absolute Gasteiger partial charge is 0.276 e. The van der Waals surface area contributed by atoms with Crippen molar-refractivity contribution in [2.24, 2.45) is 0 Å². The Balaban J connectivity index is 2.18. The molecule has 0 bridgehead atoms. The molecule has 0 spiro atoms. The molecule has 1 N–H and O–H groups in total. The van der Waals surface area contributed by atoms with Gasteiger partial charge in [0.15, 0.2) is 0 Å². The molecule has 1 amide bonds. The van der Waals surface area contributed by atoms with Crippen molar-refractivity contribution in [3.63, 3.8) is 0 Å². The zero-order valence-electron chi connectivity index (χ0n) is 13.2. The number of rotatable bonds is 4. The minimum atomic E-state index is -0.341. The van der Waals surface area contributed by atoms with E-state index in [2.05, 4.69) is 10.4 Å². The lowest BCUT2D eigenvalue weighted by Gasteiger charge is -2.13. The van der Waals surface area contributed by atoms with E-state index < -0.39 is 0 Å². The molecule has 1 aromatic carbocycles. The van der Waals surface area contributed by atoms with E-state index in [1.807, 2.05) is 57.1 Å². The van der Waals surface area contributed by atoms with Crippen molar-refractivity contribution >= 4 is 17.3 Å². The van der Waals surface area contributed by atoms with E-state index >= 15 is 0 Å². The molecular weight excluding hydrogens is 280 g/mol. The minimum Gasteiger partial charge on any atom is -0.378 e. The van der Waals surface area contributed by atoms with Gasteiger partial charge in [0.25, 0.3) is 11.5 Å². The lowest BCUT2D eigenvalue weighted by molar-refractivity contribution is 0.101. The Labute approximate surface area is 129 Å². The number of benzene rings is 1. The summed E-state index contributed by atoms with van der Waals surface area (Å²) in [5.74, 6) is -0.341. The molecule has 0 aliphatic heterocycles. The van der Waals surface area contributed by atoms with Crippen molar-refractivity contribution in [2.45, 2.75) is 19.9 Å². The summed E-state index contributed by atoms with van der Waals surface area (Å²) in [5.41, 5.74) is 1.72. The number of hydrogen-bond acceptors (Lipinski definition) is 4. The highest BCUT2D eigenvalue weighted by molar-refractivity contribution is 6.02. The van der Waals surface area contributed by atoms with Crippen LogP contribution in [0.2, 0.25) is 0 Å². The minimum absolute atomic E-state index is 0.0976. The number of aromatic nitrogens is 2. The predicted octanol–water partition coefficient (Wildman–Crippen LogP) is 2.14. The molecule has 0 saturated heterocycles. The Bertz CT molecular complexity index is 718. The van der Waals surface area contributed by atoms with Gasteiger partial charge in [-0.15, -0.1) is 0 Å². The molecule has 0 aliphatic carbocycles. The van der Waals surface area contributed by atoms with Crippen LogP contribution in [0.15, 0.2) is 41.2 Å². The van der Waals surface area contributed by atoms with Gasteiger partial charge in [-0.2, -0.15) is 5.10 Å². The fourth-order valence-electron chi connectivity index (χ4n) is 1.95. The number of carbonyl (C=O) groups excluding carboxylic acids is 1. The second-order valence-corrected chi connectivity index (χ2v) is 5.49. The molecule has 0 atom stereocenters. The second-order valence-electron chi connectivity index (χ2n) is 5.49. The summed E-state index contributed by atoms with van der Waals surface area (Å²) in [7, 11) is 3.90. The van der Waals surface area contributed by atoms with E-state index in [0.717, 1.165) is 5.69 Å². The van der Waals surface area contributed by atoms with E-state index in [1.165, 1.54) is 16.8 Å². The average molecular weight is 300 g/mol. The molecule has 0 fully saturated rings. The van der Waals surface area contributed by atoms with E-state index in [-0.39, 0.29) is 23.2 Å². The standard InChI is InChI=1S/C16H20N4O2/c1-11(2)20-15(21)10-9-14(18-20)16(22)17-12-5-7-13(8-6-12)19(3)4/h5-11H,1-4H3,(H,17,22). The summed E-state index contributed by atoms with van der Waals surface area (Å²) in [6.45, 7) is 3.69. The highest BCUT2D eigenvalue weighted by atomic mass is 16.2. The quantitative estimate of drug-likeness (QED) is 0.939. The van der Waals surface area contributed by atoms with Gasteiger partial charge >= 0.3 is 0 Å². The maximum absolute atomic E-state index is 12.2. The van der Waals surface area contributed by atoms with Crippen LogP contribution in [0.3, 0.4) is 0 Å². The van der Waals surface area contributed by atoms with Crippen molar-refractivity contribution < 1.29 is 4.79 Å². The molecule has 6 nitrogen and oxygen atoms in total. The first-order chi connectivity index (χ1) is 10.4. The van der Waals surface area contributed by atoms with Gasteiger partial charge in [0.2, 0.25) is 0 Å². The van der Waals surface area contributed by atoms with Crippen LogP contribution >= 0.6 is 0 Å². The van der Waals surface area contributed by atoms with Crippen LogP contribution in [0.25, 0.3) is 0 Å². The fourth-order valence-corrected chi connectivity index (χ4v) is 1.95.